The number of nitrogens with one attached hydrogen (secondary N) is 1. The number of rotatable bonds is 5. The molecule has 0 radical (unpaired) electrons. The molecule has 4 aromatic rings. The summed E-state index contributed by atoms with van der Waals surface area (Å²) in [4.78, 5) is 13.3. The highest BCUT2D eigenvalue weighted by Crippen LogP contribution is 2.36. The van der Waals surface area contributed by atoms with Crippen LogP contribution in [0.1, 0.15) is 12.0 Å². The fourth-order valence-electron chi connectivity index (χ4n) is 3.99. The molecule has 1 aliphatic heterocycles. The molecule has 0 unspecified atom stereocenters. The largest absolute Gasteiger partial charge is 0.316 e. The molecule has 5 nitrogen and oxygen atoms in total. The standard InChI is InChI=1S/C25H23N5S/c1-17-3-5-20(6-4-17)23-22(19-7-9-21(26-2)10-8-19)29-25(24-28-13-14-30(23)24)31-16-18-11-12-27-15-18/h3-10,13-14,18,27H,11-12,15-16H2,1H3/t18-/m1/s1. The minimum atomic E-state index is 0.632. The van der Waals surface area contributed by atoms with Gasteiger partial charge in [0.2, 0.25) is 0 Å². The van der Waals surface area contributed by atoms with Gasteiger partial charge in [0.1, 0.15) is 5.03 Å². The van der Waals surface area contributed by atoms with E-state index in [-0.39, 0.29) is 0 Å². The van der Waals surface area contributed by atoms with Gasteiger partial charge in [-0.3, -0.25) is 4.40 Å². The van der Waals surface area contributed by atoms with Crippen molar-refractivity contribution in [1.82, 2.24) is 19.7 Å². The second kappa shape index (κ2) is 8.54. The highest BCUT2D eigenvalue weighted by molar-refractivity contribution is 7.99. The average Bonchev–Trinajstić information content (AvgIpc) is 3.50. The quantitative estimate of drug-likeness (QED) is 0.333. The van der Waals surface area contributed by atoms with Crippen LogP contribution >= 0.6 is 11.8 Å². The van der Waals surface area contributed by atoms with E-state index in [9.17, 15) is 0 Å². The van der Waals surface area contributed by atoms with Crippen LogP contribution in [0.3, 0.4) is 0 Å². The van der Waals surface area contributed by atoms with Crippen LogP contribution in [-0.2, 0) is 0 Å². The zero-order chi connectivity index (χ0) is 21.2. The molecule has 1 aliphatic rings. The van der Waals surface area contributed by atoms with Crippen LogP contribution in [0.4, 0.5) is 5.69 Å². The van der Waals surface area contributed by atoms with Gasteiger partial charge in [-0.05, 0) is 37.9 Å². The molecule has 0 amide bonds. The zero-order valence-corrected chi connectivity index (χ0v) is 18.2. The smallest absolute Gasteiger partial charge is 0.187 e. The number of thioether (sulfide) groups is 1. The second-order valence-electron chi connectivity index (χ2n) is 7.93. The Hall–Kier alpha value is -3.14. The van der Waals surface area contributed by atoms with E-state index >= 15 is 0 Å². The van der Waals surface area contributed by atoms with Crippen LogP contribution in [0.25, 0.3) is 33.0 Å². The van der Waals surface area contributed by atoms with Crippen LogP contribution in [0.5, 0.6) is 0 Å². The lowest BCUT2D eigenvalue weighted by atomic mass is 10.0. The molecule has 0 saturated carbocycles. The molecule has 154 valence electrons. The number of fused-ring (bicyclic) bond motifs is 1. The highest BCUT2D eigenvalue weighted by Gasteiger charge is 2.20. The Balaban J connectivity index is 1.67. The summed E-state index contributed by atoms with van der Waals surface area (Å²) in [6.07, 6.45) is 5.08. The fraction of sp³-hybridized carbons (Fsp3) is 0.240. The predicted octanol–water partition coefficient (Wildman–Crippen LogP) is 5.62. The Morgan fingerprint density at radius 1 is 1.13 bits per heavy atom. The molecule has 1 saturated heterocycles. The monoisotopic (exact) mass is 425 g/mol. The predicted molar refractivity (Wildman–Crippen MR) is 127 cm³/mol. The molecule has 1 fully saturated rings. The number of hydrogen-bond acceptors (Lipinski definition) is 4. The van der Waals surface area contributed by atoms with E-state index in [1.165, 1.54) is 12.0 Å². The van der Waals surface area contributed by atoms with Crippen molar-refractivity contribution in [2.75, 3.05) is 18.8 Å². The third-order valence-electron chi connectivity index (χ3n) is 5.72. The zero-order valence-electron chi connectivity index (χ0n) is 17.4. The topological polar surface area (TPSA) is 46.6 Å². The molecule has 1 N–H and O–H groups in total. The van der Waals surface area contributed by atoms with E-state index in [0.29, 0.717) is 11.6 Å². The molecule has 5 rings (SSSR count). The summed E-state index contributed by atoms with van der Waals surface area (Å²) >= 11 is 1.79. The highest BCUT2D eigenvalue weighted by atomic mass is 32.2. The molecule has 0 spiro atoms. The van der Waals surface area contributed by atoms with Crippen molar-refractivity contribution in [3.05, 3.63) is 77.9 Å². The number of benzene rings is 2. The second-order valence-corrected chi connectivity index (χ2v) is 8.94. The van der Waals surface area contributed by atoms with Crippen LogP contribution in [0, 0.1) is 19.4 Å². The van der Waals surface area contributed by atoms with Crippen molar-refractivity contribution < 1.29 is 0 Å². The van der Waals surface area contributed by atoms with Crippen molar-refractivity contribution in [2.45, 2.75) is 18.4 Å². The molecule has 0 aliphatic carbocycles. The molecular formula is C25H23N5S. The lowest BCUT2D eigenvalue weighted by Gasteiger charge is -2.16. The van der Waals surface area contributed by atoms with Crippen molar-refractivity contribution in [2.24, 2.45) is 5.92 Å². The van der Waals surface area contributed by atoms with Gasteiger partial charge in [0.15, 0.2) is 11.3 Å². The number of imidazole rings is 1. The van der Waals surface area contributed by atoms with E-state index in [1.54, 1.807) is 11.8 Å². The Morgan fingerprint density at radius 3 is 2.61 bits per heavy atom. The lowest BCUT2D eigenvalue weighted by molar-refractivity contribution is 0.662. The van der Waals surface area contributed by atoms with E-state index in [2.05, 4.69) is 50.7 Å². The first-order valence-corrected chi connectivity index (χ1v) is 11.5. The SMILES string of the molecule is [C-]#[N+]c1ccc(-c2nc(SC[C@@H]3CCNC3)c3nccn3c2-c2ccc(C)cc2)cc1. The number of hydrogen-bond donors (Lipinski definition) is 1. The summed E-state index contributed by atoms with van der Waals surface area (Å²) in [6, 6.07) is 16.2. The summed E-state index contributed by atoms with van der Waals surface area (Å²) in [7, 11) is 0. The molecule has 3 heterocycles. The van der Waals surface area contributed by atoms with Crippen molar-refractivity contribution in [3.8, 4) is 22.5 Å². The van der Waals surface area contributed by atoms with Gasteiger partial charge in [-0.25, -0.2) is 14.8 Å². The first kappa shape index (κ1) is 19.8. The summed E-state index contributed by atoms with van der Waals surface area (Å²) < 4.78 is 2.16. The maximum Gasteiger partial charge on any atom is 0.187 e. The maximum absolute atomic E-state index is 7.26. The summed E-state index contributed by atoms with van der Waals surface area (Å²) in [5.41, 5.74) is 6.79. The van der Waals surface area contributed by atoms with Gasteiger partial charge >= 0.3 is 0 Å². The van der Waals surface area contributed by atoms with E-state index in [1.807, 2.05) is 36.7 Å². The van der Waals surface area contributed by atoms with Gasteiger partial charge in [0, 0.05) is 23.7 Å². The number of aromatic nitrogens is 3. The third kappa shape index (κ3) is 3.95. The van der Waals surface area contributed by atoms with Gasteiger partial charge in [0.25, 0.3) is 0 Å². The molecule has 0 bridgehead atoms. The minimum absolute atomic E-state index is 0.632. The number of aryl methyl sites for hydroxylation is 1. The summed E-state index contributed by atoms with van der Waals surface area (Å²) in [5.74, 6) is 1.70. The van der Waals surface area contributed by atoms with Gasteiger partial charge < -0.3 is 5.32 Å². The Bertz CT molecular complexity index is 1250. The van der Waals surface area contributed by atoms with Gasteiger partial charge in [-0.1, -0.05) is 54.1 Å². The molecule has 31 heavy (non-hydrogen) atoms. The molecule has 6 heteroatoms. The maximum atomic E-state index is 7.26. The Kier molecular flexibility index (Phi) is 5.46. The minimum Gasteiger partial charge on any atom is -0.316 e. The fourth-order valence-corrected chi connectivity index (χ4v) is 5.11. The first-order valence-electron chi connectivity index (χ1n) is 10.5. The van der Waals surface area contributed by atoms with Crippen LogP contribution in [0.15, 0.2) is 66.0 Å². The number of nitrogens with zero attached hydrogens (tertiary/aromatic N) is 4. The summed E-state index contributed by atoms with van der Waals surface area (Å²) in [6.45, 7) is 11.5. The third-order valence-corrected chi connectivity index (χ3v) is 6.91. The lowest BCUT2D eigenvalue weighted by Crippen LogP contribution is -2.10. The Morgan fingerprint density at radius 2 is 1.90 bits per heavy atom. The van der Waals surface area contributed by atoms with Crippen molar-refractivity contribution >= 4 is 23.1 Å². The van der Waals surface area contributed by atoms with Gasteiger partial charge in [0.05, 0.1) is 18.0 Å². The van der Waals surface area contributed by atoms with Gasteiger partial charge in [-0.2, -0.15) is 0 Å². The van der Waals surface area contributed by atoms with E-state index in [4.69, 9.17) is 11.6 Å². The molecule has 2 aromatic heterocycles. The first-order chi connectivity index (χ1) is 15.2. The van der Waals surface area contributed by atoms with Crippen LogP contribution < -0.4 is 5.32 Å². The average molecular weight is 426 g/mol. The molecule has 2 aromatic carbocycles. The Labute approximate surface area is 186 Å². The normalized spacial score (nSPS) is 15.9. The van der Waals surface area contributed by atoms with E-state index < -0.39 is 0 Å². The van der Waals surface area contributed by atoms with Crippen LogP contribution in [0.2, 0.25) is 0 Å². The summed E-state index contributed by atoms with van der Waals surface area (Å²) in [5, 5.41) is 4.40. The van der Waals surface area contributed by atoms with Crippen molar-refractivity contribution in [3.63, 3.8) is 0 Å². The molecule has 1 atom stereocenters. The van der Waals surface area contributed by atoms with Crippen LogP contribution in [-0.4, -0.2) is 33.2 Å². The van der Waals surface area contributed by atoms with Gasteiger partial charge in [-0.15, -0.1) is 11.8 Å². The molecular weight excluding hydrogens is 402 g/mol. The van der Waals surface area contributed by atoms with E-state index in [0.717, 1.165) is 52.0 Å². The van der Waals surface area contributed by atoms with Crippen molar-refractivity contribution in [1.29, 1.82) is 0 Å².